The van der Waals surface area contributed by atoms with Gasteiger partial charge in [-0.05, 0) is 121 Å². The van der Waals surface area contributed by atoms with Crippen molar-refractivity contribution in [2.75, 3.05) is 26.2 Å². The van der Waals surface area contributed by atoms with Crippen molar-refractivity contribution in [2.45, 2.75) is 111 Å². The molecule has 5 fully saturated rings. The van der Waals surface area contributed by atoms with E-state index in [1.807, 2.05) is 0 Å². The molecule has 8 unspecified atom stereocenters. The van der Waals surface area contributed by atoms with E-state index >= 15 is 4.39 Å². The Morgan fingerprint density at radius 3 is 2.35 bits per heavy atom. The topological polar surface area (TPSA) is 69.6 Å². The van der Waals surface area contributed by atoms with E-state index in [1.165, 1.54) is 12.5 Å². The maximum absolute atomic E-state index is 15.4. The molecule has 1 heterocycles. The number of fused-ring (bicyclic) bond motifs is 7. The lowest BCUT2D eigenvalue weighted by molar-refractivity contribution is -0.181. The number of benzene rings is 1. The first-order valence-corrected chi connectivity index (χ1v) is 18.7. The normalized spacial score (nSPS) is 40.1. The number of likely N-dealkylation sites (tertiary alicyclic amines) is 1. The number of hydrogen-bond donors (Lipinski definition) is 2. The minimum atomic E-state index is -2.55. The number of carboxylic acid groups (broad SMARTS) is 1. The number of piperidine rings is 1. The molecule has 48 heavy (non-hydrogen) atoms. The third-order valence-electron chi connectivity index (χ3n) is 15.3. The molecular weight excluding hydrogens is 613 g/mol. The Morgan fingerprint density at radius 2 is 1.65 bits per heavy atom. The third kappa shape index (κ3) is 5.28. The number of carboxylic acids is 1. The number of aromatic carboxylic acids is 1. The highest BCUT2D eigenvalue weighted by Crippen LogP contribution is 2.73. The number of amides is 1. The fourth-order valence-corrected chi connectivity index (χ4v) is 13.1. The summed E-state index contributed by atoms with van der Waals surface area (Å²) in [5.41, 5.74) is 1.26. The lowest BCUT2D eigenvalue weighted by Gasteiger charge is -2.68. The zero-order chi connectivity index (χ0) is 34.3. The van der Waals surface area contributed by atoms with Gasteiger partial charge in [-0.1, -0.05) is 46.3 Å². The van der Waals surface area contributed by atoms with E-state index in [0.717, 1.165) is 69.4 Å². The molecule has 1 aromatic carbocycles. The molecule has 0 bridgehead atoms. The molecule has 0 radical (unpaired) electrons. The average molecular weight is 669 g/mol. The number of carbonyl (C=O) groups excluding carboxylic acids is 1. The van der Waals surface area contributed by atoms with Gasteiger partial charge in [0.25, 0.3) is 5.92 Å². The van der Waals surface area contributed by atoms with Crippen LogP contribution in [0.15, 0.2) is 24.3 Å². The van der Waals surface area contributed by atoms with Crippen molar-refractivity contribution in [3.8, 4) is 0 Å². The van der Waals surface area contributed by atoms with E-state index < -0.39 is 17.7 Å². The van der Waals surface area contributed by atoms with Gasteiger partial charge in [0.15, 0.2) is 0 Å². The van der Waals surface area contributed by atoms with E-state index in [9.17, 15) is 23.5 Å². The predicted molar refractivity (Wildman–Crippen MR) is 181 cm³/mol. The Morgan fingerprint density at radius 1 is 0.896 bits per heavy atom. The lowest BCUT2D eigenvalue weighted by Crippen LogP contribution is -2.62. The number of alkyl halides is 2. The molecule has 264 valence electrons. The summed E-state index contributed by atoms with van der Waals surface area (Å²) >= 11 is 0. The van der Waals surface area contributed by atoms with Crippen LogP contribution in [0.25, 0.3) is 5.57 Å². The molecule has 5 nitrogen and oxygen atoms in total. The van der Waals surface area contributed by atoms with Gasteiger partial charge in [-0.2, -0.15) is 0 Å². The van der Waals surface area contributed by atoms with Gasteiger partial charge in [-0.3, -0.25) is 4.79 Å². The standard InChI is InChI=1S/C40H55F3N2O3/c1-36(2)28(27-8-7-25(34(46)47)24-31(27)41)11-15-38(4)32(36)13-16-37(3)29-12-17-39(14-5-6-30(39)26(29)9-10-33(37)38)35(48)44-20-23-45-21-18-40(42,43)19-22-45/h7-8,11,24,26,29-30,32-33H,5-6,9-10,12-23H2,1-4H3,(H,44,48)(H,46,47). The Kier molecular flexibility index (Phi) is 8.44. The largest absolute Gasteiger partial charge is 0.478 e. The molecule has 8 atom stereocenters. The first kappa shape index (κ1) is 34.1. The molecule has 4 saturated carbocycles. The summed E-state index contributed by atoms with van der Waals surface area (Å²) in [5.74, 6) is -1.39. The van der Waals surface area contributed by atoms with Crippen LogP contribution >= 0.6 is 0 Å². The molecule has 8 heteroatoms. The van der Waals surface area contributed by atoms with Gasteiger partial charge in [0.1, 0.15) is 5.82 Å². The van der Waals surface area contributed by atoms with Crippen LogP contribution in [0.3, 0.4) is 0 Å². The van der Waals surface area contributed by atoms with Crippen LogP contribution in [0.5, 0.6) is 0 Å². The molecule has 6 aliphatic rings. The van der Waals surface area contributed by atoms with Crippen LogP contribution in [0.2, 0.25) is 0 Å². The molecular formula is C40H55F3N2O3. The Hall–Kier alpha value is -2.35. The van der Waals surface area contributed by atoms with Gasteiger partial charge in [0.05, 0.1) is 11.0 Å². The quantitative estimate of drug-likeness (QED) is 0.318. The second-order valence-corrected chi connectivity index (χ2v) is 17.7. The van der Waals surface area contributed by atoms with Crippen LogP contribution in [-0.2, 0) is 4.79 Å². The number of nitrogens with one attached hydrogen (secondary N) is 1. The molecule has 1 amide bonds. The zero-order valence-electron chi connectivity index (χ0n) is 29.4. The van der Waals surface area contributed by atoms with Gasteiger partial charge < -0.3 is 15.3 Å². The number of halogens is 3. The van der Waals surface area contributed by atoms with E-state index in [0.29, 0.717) is 61.3 Å². The van der Waals surface area contributed by atoms with Gasteiger partial charge in [-0.15, -0.1) is 0 Å². The fraction of sp³-hybridized carbons (Fsp3) is 0.750. The van der Waals surface area contributed by atoms with Gasteiger partial charge in [-0.25, -0.2) is 18.0 Å². The Labute approximate surface area is 284 Å². The minimum absolute atomic E-state index is 0.0242. The number of allylic oxidation sites excluding steroid dienone is 2. The molecule has 0 spiro atoms. The van der Waals surface area contributed by atoms with E-state index in [-0.39, 0.29) is 46.0 Å². The van der Waals surface area contributed by atoms with Crippen molar-refractivity contribution >= 4 is 17.4 Å². The average Bonchev–Trinajstić information content (AvgIpc) is 3.48. The first-order chi connectivity index (χ1) is 22.6. The van der Waals surface area contributed by atoms with E-state index in [1.54, 1.807) is 6.07 Å². The van der Waals surface area contributed by atoms with Crippen LogP contribution < -0.4 is 5.32 Å². The van der Waals surface area contributed by atoms with Gasteiger partial charge in [0.2, 0.25) is 5.91 Å². The summed E-state index contributed by atoms with van der Waals surface area (Å²) in [6, 6.07) is 4.34. The summed E-state index contributed by atoms with van der Waals surface area (Å²) in [5, 5.41) is 12.7. The van der Waals surface area contributed by atoms with Crippen molar-refractivity contribution in [3.05, 3.63) is 41.2 Å². The highest BCUT2D eigenvalue weighted by atomic mass is 19.3. The first-order valence-electron chi connectivity index (χ1n) is 18.7. The van der Waals surface area contributed by atoms with Crippen LogP contribution in [-0.4, -0.2) is 54.0 Å². The summed E-state index contributed by atoms with van der Waals surface area (Å²) < 4.78 is 42.6. The van der Waals surface area contributed by atoms with Crippen molar-refractivity contribution in [3.63, 3.8) is 0 Å². The molecule has 0 aromatic heterocycles. The highest BCUT2D eigenvalue weighted by Gasteiger charge is 2.66. The molecule has 1 saturated heterocycles. The maximum Gasteiger partial charge on any atom is 0.335 e. The molecule has 2 N–H and O–H groups in total. The van der Waals surface area contributed by atoms with Crippen molar-refractivity contribution < 1.29 is 27.9 Å². The Balaban J connectivity index is 1.07. The summed E-state index contributed by atoms with van der Waals surface area (Å²) in [4.78, 5) is 27.5. The van der Waals surface area contributed by atoms with Crippen molar-refractivity contribution in [2.24, 2.45) is 51.2 Å². The molecule has 1 aromatic rings. The van der Waals surface area contributed by atoms with Crippen LogP contribution in [0.4, 0.5) is 13.2 Å². The zero-order valence-corrected chi connectivity index (χ0v) is 29.4. The number of nitrogens with zero attached hydrogens (tertiary/aromatic N) is 1. The van der Waals surface area contributed by atoms with Crippen LogP contribution in [0, 0.1) is 57.1 Å². The van der Waals surface area contributed by atoms with E-state index in [2.05, 4.69) is 44.0 Å². The number of rotatable bonds is 6. The third-order valence-corrected chi connectivity index (χ3v) is 15.3. The minimum Gasteiger partial charge on any atom is -0.478 e. The molecule has 1 aliphatic heterocycles. The van der Waals surface area contributed by atoms with Gasteiger partial charge >= 0.3 is 5.97 Å². The van der Waals surface area contributed by atoms with Crippen molar-refractivity contribution in [1.82, 2.24) is 10.2 Å². The lowest BCUT2D eigenvalue weighted by atomic mass is 9.36. The predicted octanol–water partition coefficient (Wildman–Crippen LogP) is 8.83. The maximum atomic E-state index is 15.4. The monoisotopic (exact) mass is 668 g/mol. The van der Waals surface area contributed by atoms with Crippen molar-refractivity contribution in [1.29, 1.82) is 0 Å². The number of carbonyl (C=O) groups is 2. The molecule has 7 rings (SSSR count). The second-order valence-electron chi connectivity index (χ2n) is 17.7. The van der Waals surface area contributed by atoms with Gasteiger partial charge in [0, 0.05) is 44.6 Å². The number of hydrogen-bond acceptors (Lipinski definition) is 3. The smallest absolute Gasteiger partial charge is 0.335 e. The van der Waals surface area contributed by atoms with Crippen LogP contribution in [0.1, 0.15) is 121 Å². The summed E-state index contributed by atoms with van der Waals surface area (Å²) in [6.07, 6.45) is 12.8. The fourth-order valence-electron chi connectivity index (χ4n) is 13.1. The van der Waals surface area contributed by atoms with E-state index in [4.69, 9.17) is 0 Å². The Bertz CT molecular complexity index is 1480. The summed E-state index contributed by atoms with van der Waals surface area (Å²) in [6.45, 7) is 11.6. The second kappa shape index (κ2) is 11.9. The summed E-state index contributed by atoms with van der Waals surface area (Å²) in [7, 11) is 0. The highest BCUT2D eigenvalue weighted by molar-refractivity contribution is 5.88. The molecule has 5 aliphatic carbocycles. The SMILES string of the molecule is CC1(C)C(c2ccc(C(=O)O)cc2F)=CCC2(C)C1CCC1(C)C3CCC4(C(=O)NCCN5CCC(F)(F)CC5)CCCC4C3CCC12.